The number of aryl methyl sites for hydroxylation is 1. The van der Waals surface area contributed by atoms with Crippen molar-refractivity contribution in [1.82, 2.24) is 15.1 Å². The van der Waals surface area contributed by atoms with Crippen LogP contribution in [0.3, 0.4) is 0 Å². The van der Waals surface area contributed by atoms with Gasteiger partial charge in [-0.1, -0.05) is 57.5 Å². The summed E-state index contributed by atoms with van der Waals surface area (Å²) in [7, 11) is 3.43. The number of nitrogens with one attached hydrogen (secondary N) is 1. The topological polar surface area (TPSA) is 69.7 Å². The molecule has 1 aromatic carbocycles. The Morgan fingerprint density at radius 2 is 1.71 bits per heavy atom. The molecule has 1 atom stereocenters. The van der Waals surface area contributed by atoms with Crippen LogP contribution in [0.2, 0.25) is 0 Å². The Morgan fingerprint density at radius 3 is 2.21 bits per heavy atom. The van der Waals surface area contributed by atoms with Crippen LogP contribution < -0.4 is 5.32 Å². The minimum Gasteiger partial charge on any atom is -0.348 e. The summed E-state index contributed by atoms with van der Waals surface area (Å²) in [6.45, 7) is 15.2. The Morgan fingerprint density at radius 1 is 1.12 bits per heavy atom. The van der Waals surface area contributed by atoms with Crippen LogP contribution in [0.5, 0.6) is 0 Å². The molecule has 1 heterocycles. The Balaban J connectivity index is 2.06. The summed E-state index contributed by atoms with van der Waals surface area (Å²) >= 11 is 0. The van der Waals surface area contributed by atoms with E-state index in [0.29, 0.717) is 31.1 Å². The number of nitrogens with zero attached hydrogens (tertiary/aromatic N) is 2. The van der Waals surface area contributed by atoms with E-state index < -0.39 is 5.41 Å². The van der Waals surface area contributed by atoms with Gasteiger partial charge in [-0.25, -0.2) is 0 Å². The van der Waals surface area contributed by atoms with Crippen LogP contribution in [-0.2, 0) is 14.4 Å². The minimum absolute atomic E-state index is 0.0162. The number of amides is 3. The number of benzene rings is 1. The highest BCUT2D eigenvalue weighted by Gasteiger charge is 2.39. The lowest BCUT2D eigenvalue weighted by molar-refractivity contribution is -0.138. The van der Waals surface area contributed by atoms with Crippen molar-refractivity contribution in [2.45, 2.75) is 73.6 Å². The molecule has 6 nitrogen and oxygen atoms in total. The molecular formula is C28H43N3O3. The molecule has 2 rings (SSSR count). The SMILES string of the molecule is CC(C)=C(NC(=O)CCC(C)(C)C(=O)N(C)C)C(=O)N1CCC(c2ccc(C)cc2)C(C)(C)C1. The van der Waals surface area contributed by atoms with Crippen LogP contribution in [0, 0.1) is 17.8 Å². The average molecular weight is 470 g/mol. The fraction of sp³-hybridized carbons (Fsp3) is 0.607. The molecular weight excluding hydrogens is 426 g/mol. The van der Waals surface area contributed by atoms with Crippen molar-refractivity contribution in [2.75, 3.05) is 27.2 Å². The maximum absolute atomic E-state index is 13.4. The van der Waals surface area contributed by atoms with Crippen molar-refractivity contribution >= 4 is 17.7 Å². The van der Waals surface area contributed by atoms with E-state index in [2.05, 4.69) is 50.4 Å². The van der Waals surface area contributed by atoms with Crippen molar-refractivity contribution in [2.24, 2.45) is 10.8 Å². The summed E-state index contributed by atoms with van der Waals surface area (Å²) in [5, 5.41) is 2.86. The quantitative estimate of drug-likeness (QED) is 0.592. The van der Waals surface area contributed by atoms with Crippen LogP contribution in [-0.4, -0.2) is 54.7 Å². The molecule has 0 spiro atoms. The number of carbonyl (C=O) groups excluding carboxylic acids is 3. The molecule has 34 heavy (non-hydrogen) atoms. The van der Waals surface area contributed by atoms with Crippen LogP contribution in [0.1, 0.15) is 77.8 Å². The Labute approximate surface area is 205 Å². The van der Waals surface area contributed by atoms with Gasteiger partial charge in [0.25, 0.3) is 5.91 Å². The first-order chi connectivity index (χ1) is 15.7. The Bertz CT molecular complexity index is 938. The van der Waals surface area contributed by atoms with Gasteiger partial charge in [-0.2, -0.15) is 0 Å². The molecule has 3 amide bonds. The normalized spacial score (nSPS) is 17.7. The molecule has 6 heteroatoms. The van der Waals surface area contributed by atoms with E-state index in [-0.39, 0.29) is 29.6 Å². The van der Waals surface area contributed by atoms with Gasteiger partial charge in [0.2, 0.25) is 11.8 Å². The number of rotatable bonds is 7. The highest BCUT2D eigenvalue weighted by atomic mass is 16.2. The van der Waals surface area contributed by atoms with E-state index in [4.69, 9.17) is 0 Å². The maximum Gasteiger partial charge on any atom is 0.270 e. The molecule has 0 saturated carbocycles. The highest BCUT2D eigenvalue weighted by molar-refractivity contribution is 5.98. The van der Waals surface area contributed by atoms with E-state index >= 15 is 0 Å². The van der Waals surface area contributed by atoms with Crippen LogP contribution in [0.4, 0.5) is 0 Å². The largest absolute Gasteiger partial charge is 0.348 e. The van der Waals surface area contributed by atoms with Gasteiger partial charge in [0.15, 0.2) is 0 Å². The third-order valence-electron chi connectivity index (χ3n) is 6.94. The molecule has 0 radical (unpaired) electrons. The minimum atomic E-state index is -0.641. The summed E-state index contributed by atoms with van der Waals surface area (Å²) in [5.74, 6) is -0.0127. The van der Waals surface area contributed by atoms with Crippen molar-refractivity contribution in [1.29, 1.82) is 0 Å². The van der Waals surface area contributed by atoms with Crippen LogP contribution >= 0.6 is 0 Å². The van der Waals surface area contributed by atoms with Crippen LogP contribution in [0.15, 0.2) is 35.5 Å². The number of allylic oxidation sites excluding steroid dienone is 1. The van der Waals surface area contributed by atoms with Crippen molar-refractivity contribution < 1.29 is 14.4 Å². The second-order valence-corrected chi connectivity index (χ2v) is 11.5. The van der Waals surface area contributed by atoms with E-state index in [0.717, 1.165) is 12.0 Å². The van der Waals surface area contributed by atoms with Gasteiger partial charge in [0.05, 0.1) is 0 Å². The smallest absolute Gasteiger partial charge is 0.270 e. The molecule has 1 aliphatic heterocycles. The lowest BCUT2D eigenvalue weighted by Crippen LogP contribution is -2.49. The second kappa shape index (κ2) is 10.7. The first kappa shape index (κ1) is 27.6. The van der Waals surface area contributed by atoms with Crippen molar-refractivity contribution in [3.63, 3.8) is 0 Å². The molecule has 1 N–H and O–H groups in total. The number of hydrogen-bond acceptors (Lipinski definition) is 3. The van der Waals surface area contributed by atoms with Gasteiger partial charge in [-0.05, 0) is 56.1 Å². The van der Waals surface area contributed by atoms with Crippen molar-refractivity contribution in [3.8, 4) is 0 Å². The number of hydrogen-bond donors (Lipinski definition) is 1. The summed E-state index contributed by atoms with van der Waals surface area (Å²) in [4.78, 5) is 41.9. The van der Waals surface area contributed by atoms with Gasteiger partial charge < -0.3 is 15.1 Å². The zero-order chi connectivity index (χ0) is 25.8. The van der Waals surface area contributed by atoms with Gasteiger partial charge in [-0.3, -0.25) is 14.4 Å². The van der Waals surface area contributed by atoms with Gasteiger partial charge >= 0.3 is 0 Å². The lowest BCUT2D eigenvalue weighted by atomic mass is 9.70. The van der Waals surface area contributed by atoms with Gasteiger partial charge in [0, 0.05) is 39.0 Å². The van der Waals surface area contributed by atoms with E-state index in [1.807, 2.05) is 32.6 Å². The monoisotopic (exact) mass is 469 g/mol. The Hall–Kier alpha value is -2.63. The highest BCUT2D eigenvalue weighted by Crippen LogP contribution is 2.42. The van der Waals surface area contributed by atoms with E-state index in [9.17, 15) is 14.4 Å². The predicted molar refractivity (Wildman–Crippen MR) is 137 cm³/mol. The molecule has 1 aromatic rings. The molecule has 188 valence electrons. The predicted octanol–water partition coefficient (Wildman–Crippen LogP) is 4.64. The lowest BCUT2D eigenvalue weighted by Gasteiger charge is -2.45. The van der Waals surface area contributed by atoms with E-state index in [1.54, 1.807) is 19.0 Å². The summed E-state index contributed by atoms with van der Waals surface area (Å²) in [5.41, 5.74) is 2.96. The molecule has 0 aliphatic carbocycles. The van der Waals surface area contributed by atoms with Crippen molar-refractivity contribution in [3.05, 3.63) is 46.7 Å². The molecule has 1 fully saturated rings. The first-order valence-electron chi connectivity index (χ1n) is 12.2. The second-order valence-electron chi connectivity index (χ2n) is 11.5. The molecule has 1 unspecified atom stereocenters. The van der Waals surface area contributed by atoms with E-state index in [1.165, 1.54) is 11.1 Å². The summed E-state index contributed by atoms with van der Waals surface area (Å²) in [6.07, 6.45) is 1.47. The van der Waals surface area contributed by atoms with Crippen LogP contribution in [0.25, 0.3) is 0 Å². The van der Waals surface area contributed by atoms with Gasteiger partial charge in [-0.15, -0.1) is 0 Å². The molecule has 0 bridgehead atoms. The number of piperidine rings is 1. The molecule has 0 aromatic heterocycles. The molecule has 1 aliphatic rings. The first-order valence-corrected chi connectivity index (χ1v) is 12.2. The summed E-state index contributed by atoms with van der Waals surface area (Å²) in [6, 6.07) is 8.69. The fourth-order valence-electron chi connectivity index (χ4n) is 4.84. The zero-order valence-corrected chi connectivity index (χ0v) is 22.5. The number of likely N-dealkylation sites (tertiary alicyclic amines) is 1. The summed E-state index contributed by atoms with van der Waals surface area (Å²) < 4.78 is 0. The average Bonchev–Trinajstić information content (AvgIpc) is 2.75. The third kappa shape index (κ3) is 6.71. The number of carbonyl (C=O) groups is 3. The van der Waals surface area contributed by atoms with Gasteiger partial charge in [0.1, 0.15) is 5.70 Å². The Kier molecular flexibility index (Phi) is 8.73. The third-order valence-corrected chi connectivity index (χ3v) is 6.94. The molecule has 1 saturated heterocycles. The standard InChI is InChI=1S/C28H43N3O3/c1-19(2)24(29-23(32)14-16-27(4,5)26(34)30(8)9)25(33)31-17-15-22(28(6,7)18-31)21-12-10-20(3)11-13-21/h10-13,22H,14-18H2,1-9H3,(H,29,32). The fourth-order valence-corrected chi connectivity index (χ4v) is 4.84. The zero-order valence-electron chi connectivity index (χ0n) is 22.5. The maximum atomic E-state index is 13.4.